The summed E-state index contributed by atoms with van der Waals surface area (Å²) in [5, 5.41) is 24.1. The molecule has 6 heterocycles. The third kappa shape index (κ3) is 17.3. The van der Waals surface area contributed by atoms with Crippen molar-refractivity contribution < 1.29 is 52.8 Å². The maximum absolute atomic E-state index is 13.7. The van der Waals surface area contributed by atoms with Crippen LogP contribution in [0.25, 0.3) is 0 Å². The van der Waals surface area contributed by atoms with E-state index >= 15 is 0 Å². The zero-order valence-electron chi connectivity index (χ0n) is 49.8. The molecule has 4 aromatic rings. The van der Waals surface area contributed by atoms with E-state index in [1.165, 1.54) is 32.1 Å². The molecule has 20 heteroatoms. The Morgan fingerprint density at radius 1 is 0.482 bits per heavy atom. The molecule has 2 amide bonds. The molecule has 5 N–H and O–H groups in total. The van der Waals surface area contributed by atoms with E-state index < -0.39 is 6.10 Å². The predicted octanol–water partition coefficient (Wildman–Crippen LogP) is 5.76. The number of aliphatic hydroxyl groups is 1. The number of benzene rings is 4. The number of carbonyl (C=O) groups excluding carboxylic acids is 6. The number of piperidine rings is 1. The van der Waals surface area contributed by atoms with E-state index in [0.717, 1.165) is 124 Å². The van der Waals surface area contributed by atoms with Gasteiger partial charge in [0.25, 0.3) is 0 Å². The lowest BCUT2D eigenvalue weighted by Gasteiger charge is -2.35. The van der Waals surface area contributed by atoms with Gasteiger partial charge < -0.3 is 55.1 Å². The lowest BCUT2D eigenvalue weighted by molar-refractivity contribution is -0.131. The summed E-state index contributed by atoms with van der Waals surface area (Å²) in [7, 11) is 0. The molecule has 20 nitrogen and oxygen atoms in total. The molecule has 6 saturated heterocycles. The van der Waals surface area contributed by atoms with Gasteiger partial charge in [0, 0.05) is 170 Å². The van der Waals surface area contributed by atoms with Crippen LogP contribution >= 0.6 is 0 Å². The van der Waals surface area contributed by atoms with Gasteiger partial charge in [-0.1, -0.05) is 48.5 Å². The molecule has 6 aliphatic heterocycles. The molecule has 12 rings (SSSR count). The Bertz CT molecular complexity index is 2920. The van der Waals surface area contributed by atoms with Gasteiger partial charge >= 0.3 is 0 Å². The van der Waals surface area contributed by atoms with Gasteiger partial charge in [-0.3, -0.25) is 43.5 Å². The van der Waals surface area contributed by atoms with Crippen LogP contribution < -0.4 is 21.3 Å². The molecule has 0 aromatic heterocycles. The SMILES string of the molecule is C1CCOC1.CC(=O)N1CCCCC1.CC(=O)N1CCN(C[C@@H](O)CNc2ccc(NCCCN3CCOCC3)c3c2C(=O)c2ccccc2C3=O)CC1.O=C1c2ccccc2C(=O)c2c(NC[C@H]3CO3)ccc(NCCCN3CCOCC3)c21. The maximum atomic E-state index is 13.7. The Labute approximate surface area is 500 Å². The highest BCUT2D eigenvalue weighted by Gasteiger charge is 2.36. The van der Waals surface area contributed by atoms with Crippen LogP contribution in [0.1, 0.15) is 122 Å². The molecule has 8 aliphatic rings. The molecule has 4 aromatic carbocycles. The van der Waals surface area contributed by atoms with Gasteiger partial charge in [0.1, 0.15) is 0 Å². The predicted molar refractivity (Wildman–Crippen MR) is 328 cm³/mol. The molecule has 85 heavy (non-hydrogen) atoms. The van der Waals surface area contributed by atoms with Crippen LogP contribution in [-0.2, 0) is 28.5 Å². The van der Waals surface area contributed by atoms with E-state index in [1.54, 1.807) is 62.4 Å². The third-order valence-electron chi connectivity index (χ3n) is 16.7. The molecule has 0 bridgehead atoms. The Morgan fingerprint density at radius 3 is 1.25 bits per heavy atom. The number of carbonyl (C=O) groups is 6. The lowest BCUT2D eigenvalue weighted by atomic mass is 9.82. The van der Waals surface area contributed by atoms with Crippen LogP contribution in [0.3, 0.4) is 0 Å². The largest absolute Gasteiger partial charge is 0.390 e. The number of epoxide rings is 1. The normalized spacial score (nSPS) is 19.7. The highest BCUT2D eigenvalue weighted by atomic mass is 16.6. The second-order valence-corrected chi connectivity index (χ2v) is 22.8. The first-order valence-electron chi connectivity index (χ1n) is 30.8. The number of β-amino-alcohol motifs (C(OH)–C–C–N with tert-alkyl or cyclic N) is 1. The van der Waals surface area contributed by atoms with Crippen molar-refractivity contribution in [3.63, 3.8) is 0 Å². The smallest absolute Gasteiger partial charge is 0.219 e. The van der Waals surface area contributed by atoms with Crippen LogP contribution in [0.2, 0.25) is 0 Å². The fourth-order valence-electron chi connectivity index (χ4n) is 11.7. The van der Waals surface area contributed by atoms with Crippen molar-refractivity contribution in [2.45, 2.75) is 71.0 Å². The molecule has 0 spiro atoms. The van der Waals surface area contributed by atoms with Gasteiger partial charge in [-0.05, 0) is 82.3 Å². The number of ether oxygens (including phenoxy) is 4. The minimum absolute atomic E-state index is 0.0717. The van der Waals surface area contributed by atoms with Gasteiger partial charge in [0.2, 0.25) is 11.8 Å². The number of amides is 2. The van der Waals surface area contributed by atoms with Crippen LogP contribution in [0.4, 0.5) is 22.7 Å². The fraction of sp³-hybridized carbons (Fsp3) is 0.538. The first-order chi connectivity index (χ1) is 41.4. The molecule has 458 valence electrons. The van der Waals surface area contributed by atoms with Crippen LogP contribution in [-0.4, -0.2) is 234 Å². The maximum Gasteiger partial charge on any atom is 0.219 e. The van der Waals surface area contributed by atoms with Crippen molar-refractivity contribution in [1.29, 1.82) is 0 Å². The number of rotatable bonds is 18. The summed E-state index contributed by atoms with van der Waals surface area (Å²) in [6, 6.07) is 21.5. The van der Waals surface area contributed by atoms with Crippen molar-refractivity contribution in [3.8, 4) is 0 Å². The number of hydrogen-bond acceptors (Lipinski definition) is 18. The lowest BCUT2D eigenvalue weighted by Crippen LogP contribution is -2.50. The number of ketones is 4. The monoisotopic (exact) mass is 1170 g/mol. The van der Waals surface area contributed by atoms with Crippen molar-refractivity contribution in [2.75, 3.05) is 179 Å². The highest BCUT2D eigenvalue weighted by Crippen LogP contribution is 2.38. The second-order valence-electron chi connectivity index (χ2n) is 22.8. The minimum Gasteiger partial charge on any atom is -0.390 e. The Kier molecular flexibility index (Phi) is 23.4. The van der Waals surface area contributed by atoms with Gasteiger partial charge in [-0.15, -0.1) is 0 Å². The Morgan fingerprint density at radius 2 is 0.871 bits per heavy atom. The van der Waals surface area contributed by atoms with Gasteiger partial charge in [0.05, 0.1) is 67.5 Å². The number of likely N-dealkylation sites (tertiary alicyclic amines) is 1. The Hall–Kier alpha value is -6.62. The van der Waals surface area contributed by atoms with Gasteiger partial charge in [0.15, 0.2) is 23.1 Å². The molecule has 2 aliphatic carbocycles. The Balaban J connectivity index is 0.000000168. The van der Waals surface area contributed by atoms with E-state index in [-0.39, 0.29) is 47.6 Å². The molecular weight excluding hydrogens is 1080 g/mol. The number of morpholine rings is 2. The minimum atomic E-state index is -0.681. The molecule has 6 fully saturated rings. The molecular formula is C65H87N9O11. The van der Waals surface area contributed by atoms with E-state index in [2.05, 4.69) is 36.0 Å². The average Bonchev–Trinajstić information content (AvgIpc) is 2.56. The number of piperazine rings is 1. The van der Waals surface area contributed by atoms with Crippen molar-refractivity contribution >= 4 is 57.7 Å². The number of aliphatic hydroxyl groups excluding tert-OH is 1. The number of nitrogens with one attached hydrogen (secondary N) is 4. The average molecular weight is 1170 g/mol. The topological polar surface area (TPSA) is 227 Å². The molecule has 2 atom stereocenters. The summed E-state index contributed by atoms with van der Waals surface area (Å²) in [6.07, 6.45) is 7.59. The highest BCUT2D eigenvalue weighted by molar-refractivity contribution is 6.33. The van der Waals surface area contributed by atoms with E-state index in [4.69, 9.17) is 18.9 Å². The number of fused-ring (bicyclic) bond motifs is 4. The molecule has 0 saturated carbocycles. The van der Waals surface area contributed by atoms with E-state index in [9.17, 15) is 33.9 Å². The number of nitrogens with zero attached hydrogens (tertiary/aromatic N) is 5. The van der Waals surface area contributed by atoms with Crippen molar-refractivity contribution in [1.82, 2.24) is 24.5 Å². The van der Waals surface area contributed by atoms with Crippen molar-refractivity contribution in [3.05, 3.63) is 117 Å². The summed E-state index contributed by atoms with van der Waals surface area (Å²) in [5.74, 6) is -0.279. The summed E-state index contributed by atoms with van der Waals surface area (Å²) in [6.45, 7) is 22.2. The summed E-state index contributed by atoms with van der Waals surface area (Å²) >= 11 is 0. The summed E-state index contributed by atoms with van der Waals surface area (Å²) in [5.41, 5.74) is 6.03. The van der Waals surface area contributed by atoms with E-state index in [1.807, 2.05) is 34.1 Å². The molecule has 0 radical (unpaired) electrons. The summed E-state index contributed by atoms with van der Waals surface area (Å²) in [4.78, 5) is 87.0. The van der Waals surface area contributed by atoms with Gasteiger partial charge in [-0.2, -0.15) is 0 Å². The van der Waals surface area contributed by atoms with Crippen LogP contribution in [0.5, 0.6) is 0 Å². The quantitative estimate of drug-likeness (QED) is 0.0510. The second kappa shape index (κ2) is 31.7. The zero-order valence-corrected chi connectivity index (χ0v) is 49.8. The molecule has 0 unspecified atom stereocenters. The standard InChI is InChI=1S/C30H39N5O5.C24H27N3O4.C7H13NO.C4H8O/c1-21(36)35-13-11-34(12-14-35)20-22(37)19-32-26-8-7-25(31-9-4-10-33-15-17-40-18-16-33)27-28(26)30(39)24-6-3-2-5-23(24)29(27)38;28-23-17-4-1-2-5-18(17)24(29)22-20(26-14-16-15-31-16)7-6-19(21(22)23)25-8-3-9-27-10-12-30-13-11-27;1-7(9)8-5-3-2-4-6-8;1-2-4-5-3-1/h2-3,5-8,22,31-32,37H,4,9-20H2,1H3;1-2,4-7,16,25-26H,3,8-15H2;2-6H2,1H3;1-4H2/t22-;16-;;/m00../s1. The van der Waals surface area contributed by atoms with E-state index in [0.29, 0.717) is 107 Å². The number of anilines is 4. The van der Waals surface area contributed by atoms with Crippen molar-refractivity contribution in [2.24, 2.45) is 0 Å². The summed E-state index contributed by atoms with van der Waals surface area (Å²) < 4.78 is 21.0. The van der Waals surface area contributed by atoms with Crippen LogP contribution in [0.15, 0.2) is 72.8 Å². The zero-order chi connectivity index (χ0) is 59.5. The first kappa shape index (κ1) is 62.9. The number of hydrogen-bond donors (Lipinski definition) is 5. The van der Waals surface area contributed by atoms with Gasteiger partial charge in [-0.25, -0.2) is 0 Å². The van der Waals surface area contributed by atoms with Crippen LogP contribution in [0, 0.1) is 0 Å². The third-order valence-corrected chi connectivity index (χ3v) is 16.7. The fourth-order valence-corrected chi connectivity index (χ4v) is 11.7. The first-order valence-corrected chi connectivity index (χ1v) is 30.8.